The van der Waals surface area contributed by atoms with Gasteiger partial charge in [0.1, 0.15) is 18.4 Å². The molecule has 0 spiro atoms. The van der Waals surface area contributed by atoms with Crippen LogP contribution in [0.4, 0.5) is 10.1 Å². The highest BCUT2D eigenvalue weighted by molar-refractivity contribution is 7.90. The fourth-order valence-corrected chi connectivity index (χ4v) is 4.16. The van der Waals surface area contributed by atoms with Gasteiger partial charge in [-0.15, -0.1) is 0 Å². The van der Waals surface area contributed by atoms with E-state index < -0.39 is 40.4 Å². The zero-order chi connectivity index (χ0) is 24.8. The van der Waals surface area contributed by atoms with E-state index >= 15 is 0 Å². The molecule has 0 aliphatic heterocycles. The summed E-state index contributed by atoms with van der Waals surface area (Å²) in [4.78, 5) is 27.3. The summed E-state index contributed by atoms with van der Waals surface area (Å²) < 4.78 is 42.3. The number of carbonyl (C=O) groups is 2. The summed E-state index contributed by atoms with van der Waals surface area (Å²) in [5.74, 6) is -1.58. The third-order valence-corrected chi connectivity index (χ3v) is 6.78. The molecular weight excluding hydrogens is 447 g/mol. The van der Waals surface area contributed by atoms with Gasteiger partial charge in [0.15, 0.2) is 0 Å². The molecule has 8 nitrogen and oxygen atoms in total. The van der Waals surface area contributed by atoms with E-state index in [9.17, 15) is 22.4 Å². The topological polar surface area (TPSA) is 90.0 Å². The molecule has 33 heavy (non-hydrogen) atoms. The van der Waals surface area contributed by atoms with Gasteiger partial charge in [-0.25, -0.2) is 8.70 Å². The third kappa shape index (κ3) is 6.75. The molecule has 2 aromatic rings. The summed E-state index contributed by atoms with van der Waals surface area (Å²) in [6, 6.07) is 13.0. The van der Waals surface area contributed by atoms with E-state index in [4.69, 9.17) is 0 Å². The van der Waals surface area contributed by atoms with E-state index in [1.807, 2.05) is 0 Å². The Morgan fingerprint density at radius 3 is 2.09 bits per heavy atom. The van der Waals surface area contributed by atoms with Crippen molar-refractivity contribution in [3.05, 3.63) is 66.0 Å². The molecule has 2 amide bonds. The Morgan fingerprint density at radius 1 is 0.970 bits per heavy atom. The quantitative estimate of drug-likeness (QED) is 0.568. The number of halogens is 1. The molecule has 1 N–H and O–H groups in total. The molecule has 0 aromatic heterocycles. The van der Waals surface area contributed by atoms with Gasteiger partial charge in [0.25, 0.3) is 0 Å². The SMILES string of the molecule is CC(C)NC(=O)[C@@H](C)N(Cc1ccccc1F)C(=O)CN(c1ccccc1)S(=O)(=O)N(C)C. The number of anilines is 1. The van der Waals surface area contributed by atoms with Gasteiger partial charge in [0, 0.05) is 32.2 Å². The molecule has 0 fully saturated rings. The molecule has 0 heterocycles. The molecule has 2 rings (SSSR count). The number of nitrogens with one attached hydrogen (secondary N) is 1. The van der Waals surface area contributed by atoms with Crippen molar-refractivity contribution in [3.63, 3.8) is 0 Å². The molecule has 0 aliphatic rings. The lowest BCUT2D eigenvalue weighted by molar-refractivity contribution is -0.139. The highest BCUT2D eigenvalue weighted by Gasteiger charge is 2.33. The summed E-state index contributed by atoms with van der Waals surface area (Å²) >= 11 is 0. The van der Waals surface area contributed by atoms with Crippen LogP contribution < -0.4 is 9.62 Å². The van der Waals surface area contributed by atoms with Gasteiger partial charge >= 0.3 is 10.2 Å². The van der Waals surface area contributed by atoms with Crippen molar-refractivity contribution < 1.29 is 22.4 Å². The molecule has 2 aromatic carbocycles. The Balaban J connectivity index is 2.44. The Bertz CT molecular complexity index is 1060. The minimum Gasteiger partial charge on any atom is -0.352 e. The zero-order valence-corrected chi connectivity index (χ0v) is 20.3. The second kappa shape index (κ2) is 11.2. The molecule has 0 saturated heterocycles. The Morgan fingerprint density at radius 2 is 1.55 bits per heavy atom. The number of carbonyl (C=O) groups excluding carboxylic acids is 2. The van der Waals surface area contributed by atoms with Crippen LogP contribution in [0.2, 0.25) is 0 Å². The van der Waals surface area contributed by atoms with Crippen LogP contribution in [-0.4, -0.2) is 62.2 Å². The Kier molecular flexibility index (Phi) is 8.95. The van der Waals surface area contributed by atoms with Crippen LogP contribution in [0.5, 0.6) is 0 Å². The lowest BCUT2D eigenvalue weighted by Crippen LogP contribution is -2.53. The highest BCUT2D eigenvalue weighted by atomic mass is 32.2. The maximum Gasteiger partial charge on any atom is 0.304 e. The van der Waals surface area contributed by atoms with Crippen LogP contribution in [0.15, 0.2) is 54.6 Å². The molecule has 0 radical (unpaired) electrons. The van der Waals surface area contributed by atoms with Gasteiger partial charge in [0.2, 0.25) is 11.8 Å². The van der Waals surface area contributed by atoms with Crippen molar-refractivity contribution >= 4 is 27.7 Å². The first-order chi connectivity index (χ1) is 15.4. The van der Waals surface area contributed by atoms with E-state index in [2.05, 4.69) is 5.32 Å². The largest absolute Gasteiger partial charge is 0.352 e. The third-order valence-electron chi connectivity index (χ3n) is 4.96. The molecule has 10 heteroatoms. The van der Waals surface area contributed by atoms with Crippen LogP contribution in [0.1, 0.15) is 26.3 Å². The summed E-state index contributed by atoms with van der Waals surface area (Å²) in [6.45, 7) is 4.35. The van der Waals surface area contributed by atoms with Crippen molar-refractivity contribution in [2.75, 3.05) is 24.9 Å². The van der Waals surface area contributed by atoms with Crippen molar-refractivity contribution in [2.45, 2.75) is 39.4 Å². The zero-order valence-electron chi connectivity index (χ0n) is 19.5. The van der Waals surface area contributed by atoms with Crippen LogP contribution in [0.25, 0.3) is 0 Å². The number of hydrogen-bond donors (Lipinski definition) is 1. The van der Waals surface area contributed by atoms with E-state index in [-0.39, 0.29) is 18.2 Å². The predicted octanol–water partition coefficient (Wildman–Crippen LogP) is 2.38. The monoisotopic (exact) mass is 478 g/mol. The number of hydrogen-bond acceptors (Lipinski definition) is 4. The Hall–Kier alpha value is -2.98. The average molecular weight is 479 g/mol. The van der Waals surface area contributed by atoms with E-state index in [0.717, 1.165) is 8.61 Å². The van der Waals surface area contributed by atoms with Gasteiger partial charge in [-0.1, -0.05) is 36.4 Å². The molecule has 1 atom stereocenters. The average Bonchev–Trinajstić information content (AvgIpc) is 2.76. The normalized spacial score (nSPS) is 12.5. The van der Waals surface area contributed by atoms with Crippen LogP contribution in [-0.2, 0) is 26.3 Å². The number of benzene rings is 2. The van der Waals surface area contributed by atoms with E-state index in [1.165, 1.54) is 44.1 Å². The van der Waals surface area contributed by atoms with Gasteiger partial charge in [0.05, 0.1) is 5.69 Å². The summed E-state index contributed by atoms with van der Waals surface area (Å²) in [7, 11) is -1.29. The fraction of sp³-hybridized carbons (Fsp3) is 0.391. The van der Waals surface area contributed by atoms with Gasteiger partial charge < -0.3 is 10.2 Å². The number of amides is 2. The molecule has 0 unspecified atom stereocenters. The molecule has 0 aliphatic carbocycles. The Labute approximate surface area is 195 Å². The fourth-order valence-electron chi connectivity index (χ4n) is 3.11. The molecule has 180 valence electrons. The van der Waals surface area contributed by atoms with Crippen molar-refractivity contribution in [3.8, 4) is 0 Å². The highest BCUT2D eigenvalue weighted by Crippen LogP contribution is 2.21. The summed E-state index contributed by atoms with van der Waals surface area (Å²) in [5.41, 5.74) is 0.515. The second-order valence-corrected chi connectivity index (χ2v) is 10.2. The first kappa shape index (κ1) is 26.3. The first-order valence-electron chi connectivity index (χ1n) is 10.5. The minimum atomic E-state index is -4.02. The van der Waals surface area contributed by atoms with Crippen LogP contribution in [0, 0.1) is 5.82 Å². The van der Waals surface area contributed by atoms with Gasteiger partial charge in [-0.05, 0) is 39.0 Å². The van der Waals surface area contributed by atoms with Gasteiger partial charge in [-0.2, -0.15) is 12.7 Å². The number of nitrogens with zero attached hydrogens (tertiary/aromatic N) is 3. The minimum absolute atomic E-state index is 0.166. The van der Waals surface area contributed by atoms with Crippen LogP contribution in [0.3, 0.4) is 0 Å². The lowest BCUT2D eigenvalue weighted by Gasteiger charge is -2.33. The maximum atomic E-state index is 14.4. The van der Waals surface area contributed by atoms with Crippen molar-refractivity contribution in [1.29, 1.82) is 0 Å². The summed E-state index contributed by atoms with van der Waals surface area (Å²) in [6.07, 6.45) is 0. The van der Waals surface area contributed by atoms with E-state index in [1.54, 1.807) is 50.2 Å². The number of rotatable bonds is 10. The molecule has 0 saturated carbocycles. The lowest BCUT2D eigenvalue weighted by atomic mass is 10.1. The van der Waals surface area contributed by atoms with Crippen LogP contribution >= 0.6 is 0 Å². The predicted molar refractivity (Wildman–Crippen MR) is 126 cm³/mol. The van der Waals surface area contributed by atoms with Crippen molar-refractivity contribution in [2.24, 2.45) is 0 Å². The first-order valence-corrected chi connectivity index (χ1v) is 11.9. The maximum absolute atomic E-state index is 14.4. The summed E-state index contributed by atoms with van der Waals surface area (Å²) in [5, 5.41) is 2.75. The smallest absolute Gasteiger partial charge is 0.304 e. The molecule has 0 bridgehead atoms. The number of para-hydroxylation sites is 1. The standard InChI is InChI=1S/C23H31FN4O4S/c1-17(2)25-23(30)18(3)27(15-19-11-9-10-14-21(19)24)22(29)16-28(33(31,32)26(4)5)20-12-7-6-8-13-20/h6-14,17-18H,15-16H2,1-5H3,(H,25,30)/t18-/m1/s1. The molecular formula is C23H31FN4O4S. The van der Waals surface area contributed by atoms with Crippen molar-refractivity contribution in [1.82, 2.24) is 14.5 Å². The van der Waals surface area contributed by atoms with E-state index in [0.29, 0.717) is 5.69 Å². The second-order valence-electron chi connectivity index (χ2n) is 8.08. The van der Waals surface area contributed by atoms with Gasteiger partial charge in [-0.3, -0.25) is 9.59 Å².